The van der Waals surface area contributed by atoms with E-state index >= 15 is 0 Å². The fraction of sp³-hybridized carbons (Fsp3) is 0.0833. The summed E-state index contributed by atoms with van der Waals surface area (Å²) in [5, 5.41) is 8.25. The van der Waals surface area contributed by atoms with Crippen molar-refractivity contribution in [2.75, 3.05) is 0 Å². The molecule has 2 aromatic heterocycles. The smallest absolute Gasteiger partial charge is 0.113 e. The Morgan fingerprint density at radius 1 is 1.18 bits per heavy atom. The van der Waals surface area contributed by atoms with E-state index in [1.807, 2.05) is 30.3 Å². The Labute approximate surface area is 103 Å². The first kappa shape index (κ1) is 10.2. The molecule has 0 aliphatic carbocycles. The van der Waals surface area contributed by atoms with Gasteiger partial charge in [-0.25, -0.2) is 4.68 Å². The Morgan fingerprint density at radius 2 is 2.06 bits per heavy atom. The van der Waals surface area contributed by atoms with E-state index in [0.29, 0.717) is 5.88 Å². The molecule has 0 aliphatic rings. The van der Waals surface area contributed by atoms with Crippen molar-refractivity contribution in [3.8, 4) is 5.69 Å². The molecule has 5 heteroatoms. The maximum absolute atomic E-state index is 5.91. The molecule has 2 heterocycles. The average Bonchev–Trinajstić information content (AvgIpc) is 2.82. The third-order valence-corrected chi connectivity index (χ3v) is 2.90. The van der Waals surface area contributed by atoms with Crippen LogP contribution in [-0.2, 0) is 5.88 Å². The molecule has 4 nitrogen and oxygen atoms in total. The maximum atomic E-state index is 5.91. The molecule has 0 atom stereocenters. The molecule has 0 saturated heterocycles. The van der Waals surface area contributed by atoms with Crippen molar-refractivity contribution in [2.24, 2.45) is 0 Å². The minimum atomic E-state index is 0.423. The molecular formula is C12H9ClN4. The molecule has 0 unspecified atom stereocenters. The van der Waals surface area contributed by atoms with E-state index in [2.05, 4.69) is 15.3 Å². The number of para-hydroxylation sites is 1. The highest BCUT2D eigenvalue weighted by molar-refractivity contribution is 6.17. The highest BCUT2D eigenvalue weighted by atomic mass is 35.5. The van der Waals surface area contributed by atoms with Crippen molar-refractivity contribution in [3.63, 3.8) is 0 Å². The van der Waals surface area contributed by atoms with Gasteiger partial charge in [0.15, 0.2) is 0 Å². The molecule has 3 rings (SSSR count). The Kier molecular flexibility index (Phi) is 2.49. The average molecular weight is 245 g/mol. The summed E-state index contributed by atoms with van der Waals surface area (Å²) in [5.74, 6) is 0.423. The molecule has 0 N–H and O–H groups in total. The van der Waals surface area contributed by atoms with Gasteiger partial charge in [0.2, 0.25) is 0 Å². The molecule has 0 saturated carbocycles. The maximum Gasteiger partial charge on any atom is 0.113 e. The summed E-state index contributed by atoms with van der Waals surface area (Å²) < 4.78 is 1.76. The number of pyridine rings is 1. The van der Waals surface area contributed by atoms with Crippen LogP contribution in [0.1, 0.15) is 5.56 Å². The van der Waals surface area contributed by atoms with Crippen LogP contribution in [0.15, 0.2) is 42.7 Å². The van der Waals surface area contributed by atoms with Gasteiger partial charge in [-0.1, -0.05) is 17.3 Å². The van der Waals surface area contributed by atoms with Crippen molar-refractivity contribution in [1.29, 1.82) is 0 Å². The second kappa shape index (κ2) is 4.14. The van der Waals surface area contributed by atoms with Crippen LogP contribution >= 0.6 is 11.6 Å². The monoisotopic (exact) mass is 244 g/mol. The Hall–Kier alpha value is -1.94. The fourth-order valence-corrected chi connectivity index (χ4v) is 1.99. The topological polar surface area (TPSA) is 43.6 Å². The van der Waals surface area contributed by atoms with Crippen molar-refractivity contribution >= 4 is 22.6 Å². The zero-order valence-electron chi connectivity index (χ0n) is 8.92. The summed E-state index contributed by atoms with van der Waals surface area (Å²) in [6.07, 6.45) is 3.47. The lowest BCUT2D eigenvalue weighted by atomic mass is 10.2. The number of halogens is 1. The fourth-order valence-electron chi connectivity index (χ4n) is 1.77. The Morgan fingerprint density at radius 3 is 2.94 bits per heavy atom. The van der Waals surface area contributed by atoms with E-state index in [-0.39, 0.29) is 0 Å². The van der Waals surface area contributed by atoms with E-state index < -0.39 is 0 Å². The van der Waals surface area contributed by atoms with Gasteiger partial charge in [0, 0.05) is 12.1 Å². The third kappa shape index (κ3) is 1.66. The third-order valence-electron chi connectivity index (χ3n) is 2.61. The van der Waals surface area contributed by atoms with Crippen LogP contribution in [0, 0.1) is 0 Å². The van der Waals surface area contributed by atoms with Gasteiger partial charge in [-0.15, -0.1) is 16.7 Å². The van der Waals surface area contributed by atoms with Gasteiger partial charge in [0.1, 0.15) is 5.52 Å². The first-order chi connectivity index (χ1) is 8.40. The second-order valence-corrected chi connectivity index (χ2v) is 3.90. The van der Waals surface area contributed by atoms with Gasteiger partial charge in [0.25, 0.3) is 0 Å². The molecule has 0 radical (unpaired) electrons. The molecule has 17 heavy (non-hydrogen) atoms. The van der Waals surface area contributed by atoms with Crippen molar-refractivity contribution < 1.29 is 0 Å². The summed E-state index contributed by atoms with van der Waals surface area (Å²) in [4.78, 5) is 4.11. The van der Waals surface area contributed by atoms with Crippen molar-refractivity contribution in [1.82, 2.24) is 20.0 Å². The van der Waals surface area contributed by atoms with E-state index in [9.17, 15) is 0 Å². The lowest BCUT2D eigenvalue weighted by molar-refractivity contribution is 0.813. The van der Waals surface area contributed by atoms with Gasteiger partial charge in [0.05, 0.1) is 17.4 Å². The van der Waals surface area contributed by atoms with E-state index in [4.69, 9.17) is 11.6 Å². The number of fused-ring (bicyclic) bond motifs is 1. The highest BCUT2D eigenvalue weighted by Gasteiger charge is 2.09. The van der Waals surface area contributed by atoms with E-state index in [1.54, 1.807) is 17.1 Å². The normalized spacial score (nSPS) is 10.9. The van der Waals surface area contributed by atoms with Crippen LogP contribution in [0.5, 0.6) is 0 Å². The molecule has 1 aromatic carbocycles. The Bertz CT molecular complexity index is 662. The van der Waals surface area contributed by atoms with E-state index in [1.165, 1.54) is 0 Å². The Balaban J connectivity index is 2.27. The summed E-state index contributed by atoms with van der Waals surface area (Å²) in [6.45, 7) is 0. The van der Waals surface area contributed by atoms with Gasteiger partial charge < -0.3 is 0 Å². The lowest BCUT2D eigenvalue weighted by Crippen LogP contribution is -2.01. The molecule has 0 amide bonds. The molecule has 0 bridgehead atoms. The van der Waals surface area contributed by atoms with Crippen LogP contribution in [-0.4, -0.2) is 20.0 Å². The minimum absolute atomic E-state index is 0.423. The number of benzene rings is 1. The number of aromatic nitrogens is 4. The number of alkyl halides is 1. The van der Waals surface area contributed by atoms with Gasteiger partial charge in [-0.2, -0.15) is 0 Å². The van der Waals surface area contributed by atoms with Crippen LogP contribution in [0.3, 0.4) is 0 Å². The van der Waals surface area contributed by atoms with Gasteiger partial charge in [-0.3, -0.25) is 4.98 Å². The summed E-state index contributed by atoms with van der Waals surface area (Å²) >= 11 is 5.91. The number of rotatable bonds is 2. The summed E-state index contributed by atoms with van der Waals surface area (Å²) in [5.41, 5.74) is 3.66. The molecular weight excluding hydrogens is 236 g/mol. The standard InChI is InChI=1S/C12H9ClN4/c13-7-9-5-6-14-8-12(9)17-11-4-2-1-3-10(11)15-16-17/h1-6,8H,7H2. The van der Waals surface area contributed by atoms with Crippen LogP contribution in [0.4, 0.5) is 0 Å². The molecule has 3 aromatic rings. The second-order valence-electron chi connectivity index (χ2n) is 3.63. The predicted molar refractivity (Wildman–Crippen MR) is 66.2 cm³/mol. The molecule has 0 spiro atoms. The first-order valence-electron chi connectivity index (χ1n) is 5.20. The zero-order valence-corrected chi connectivity index (χ0v) is 9.67. The molecule has 0 aliphatic heterocycles. The van der Waals surface area contributed by atoms with E-state index in [0.717, 1.165) is 22.3 Å². The van der Waals surface area contributed by atoms with Gasteiger partial charge in [-0.05, 0) is 23.8 Å². The molecule has 84 valence electrons. The van der Waals surface area contributed by atoms with Crippen LogP contribution in [0.2, 0.25) is 0 Å². The lowest BCUT2D eigenvalue weighted by Gasteiger charge is -2.05. The number of nitrogens with zero attached hydrogens (tertiary/aromatic N) is 4. The van der Waals surface area contributed by atoms with Crippen molar-refractivity contribution in [2.45, 2.75) is 5.88 Å². The highest BCUT2D eigenvalue weighted by Crippen LogP contribution is 2.19. The number of hydrogen-bond acceptors (Lipinski definition) is 3. The zero-order chi connectivity index (χ0) is 11.7. The molecule has 0 fully saturated rings. The summed E-state index contributed by atoms with van der Waals surface area (Å²) in [7, 11) is 0. The van der Waals surface area contributed by atoms with Crippen LogP contribution in [0.25, 0.3) is 16.7 Å². The SMILES string of the molecule is ClCc1ccncc1-n1nnc2ccccc21. The number of hydrogen-bond donors (Lipinski definition) is 0. The predicted octanol–water partition coefficient (Wildman–Crippen LogP) is 2.55. The van der Waals surface area contributed by atoms with Gasteiger partial charge >= 0.3 is 0 Å². The first-order valence-corrected chi connectivity index (χ1v) is 5.73. The largest absolute Gasteiger partial charge is 0.262 e. The summed E-state index contributed by atoms with van der Waals surface area (Å²) in [6, 6.07) is 9.68. The quantitative estimate of drug-likeness (QED) is 0.651. The van der Waals surface area contributed by atoms with Crippen LogP contribution < -0.4 is 0 Å². The minimum Gasteiger partial charge on any atom is -0.262 e. The van der Waals surface area contributed by atoms with Crippen molar-refractivity contribution in [3.05, 3.63) is 48.3 Å².